The predicted octanol–water partition coefficient (Wildman–Crippen LogP) is 1.36. The smallest absolute Gasteiger partial charge is 0.339 e. The Bertz CT molecular complexity index is 938. The molecule has 0 spiro atoms. The van der Waals surface area contributed by atoms with E-state index in [2.05, 4.69) is 6.58 Å². The molecule has 0 aromatic rings. The van der Waals surface area contributed by atoms with Gasteiger partial charge in [0.15, 0.2) is 17.8 Å². The Morgan fingerprint density at radius 1 is 1.35 bits per heavy atom. The molecule has 1 aliphatic carbocycles. The second kappa shape index (κ2) is 9.31. The second-order valence-electron chi connectivity index (χ2n) is 9.13. The first-order chi connectivity index (χ1) is 15.7. The zero-order valence-electron chi connectivity index (χ0n) is 19.7. The van der Waals surface area contributed by atoms with Gasteiger partial charge in [-0.1, -0.05) is 12.7 Å². The summed E-state index contributed by atoms with van der Waals surface area (Å²) >= 11 is 5.98. The third kappa shape index (κ3) is 4.71. The number of hydrogen-bond donors (Lipinski definition) is 1. The number of methoxy groups -OCH3 is 1. The number of carbonyl (C=O) groups is 4. The lowest BCUT2D eigenvalue weighted by Crippen LogP contribution is -2.52. The van der Waals surface area contributed by atoms with Gasteiger partial charge in [-0.05, 0) is 33.6 Å². The topological polar surface area (TPSA) is 138 Å². The maximum atomic E-state index is 13.0. The lowest BCUT2D eigenvalue weighted by Gasteiger charge is -2.35. The van der Waals surface area contributed by atoms with Gasteiger partial charge in [0.25, 0.3) is 0 Å². The van der Waals surface area contributed by atoms with Crippen LogP contribution < -0.4 is 0 Å². The van der Waals surface area contributed by atoms with Crippen LogP contribution in [0.3, 0.4) is 0 Å². The summed E-state index contributed by atoms with van der Waals surface area (Å²) in [7, 11) is 1.15. The highest BCUT2D eigenvalue weighted by atomic mass is 35.5. The monoisotopic (exact) mass is 500 g/mol. The number of fused-ring (bicyclic) bond motifs is 3. The minimum atomic E-state index is -2.14. The van der Waals surface area contributed by atoms with Gasteiger partial charge < -0.3 is 28.8 Å². The zero-order chi connectivity index (χ0) is 25.6. The third-order valence-electron chi connectivity index (χ3n) is 6.61. The van der Waals surface area contributed by atoms with Crippen molar-refractivity contribution in [2.24, 2.45) is 5.92 Å². The highest BCUT2D eigenvalue weighted by molar-refractivity contribution is 6.22. The van der Waals surface area contributed by atoms with Crippen LogP contribution in [0, 0.1) is 5.92 Å². The summed E-state index contributed by atoms with van der Waals surface area (Å²) in [6, 6.07) is 0. The molecule has 0 unspecified atom stereocenters. The number of ether oxygens (including phenoxy) is 5. The number of carbonyl (C=O) groups excluding carboxylic acids is 4. The Labute approximate surface area is 202 Å². The Morgan fingerprint density at radius 2 is 2.00 bits per heavy atom. The molecule has 2 fully saturated rings. The van der Waals surface area contributed by atoms with Gasteiger partial charge in [-0.3, -0.25) is 4.79 Å². The Morgan fingerprint density at radius 3 is 2.56 bits per heavy atom. The molecule has 3 aliphatic rings. The first kappa shape index (κ1) is 26.2. The molecule has 8 atom stereocenters. The van der Waals surface area contributed by atoms with E-state index in [1.165, 1.54) is 13.0 Å². The van der Waals surface area contributed by atoms with Crippen LogP contribution >= 0.6 is 11.6 Å². The molecular formula is C23H29ClO10. The Balaban J connectivity index is 2.18. The maximum Gasteiger partial charge on any atom is 0.339 e. The SMILES string of the molecule is C=C1C(=O)O[C@H]2[C@H]1[C@@H](OC(=O)[C@@](C)(O)[C@H](C)Cl)[C@@H](OC(C)=O)/C(C(=O)OC)=C\CC[C@@]1(C)O[C@H]21. The third-order valence-corrected chi connectivity index (χ3v) is 7.03. The second-order valence-corrected chi connectivity index (χ2v) is 9.78. The molecule has 188 valence electrons. The molecule has 0 aromatic heterocycles. The largest absolute Gasteiger partial charge is 0.466 e. The van der Waals surface area contributed by atoms with Crippen molar-refractivity contribution in [3.05, 3.63) is 23.8 Å². The number of rotatable bonds is 5. The van der Waals surface area contributed by atoms with Gasteiger partial charge in [0, 0.05) is 12.5 Å². The fourth-order valence-electron chi connectivity index (χ4n) is 4.28. The van der Waals surface area contributed by atoms with E-state index in [1.54, 1.807) is 0 Å². The van der Waals surface area contributed by atoms with Crippen molar-refractivity contribution in [3.8, 4) is 0 Å². The molecule has 2 saturated heterocycles. The summed E-state index contributed by atoms with van der Waals surface area (Å²) in [5.74, 6) is -4.55. The van der Waals surface area contributed by atoms with Crippen molar-refractivity contribution in [1.82, 2.24) is 0 Å². The molecule has 10 nitrogen and oxygen atoms in total. The Hall–Kier alpha value is -2.43. The number of alkyl halides is 1. The van der Waals surface area contributed by atoms with Gasteiger partial charge in [-0.25, -0.2) is 14.4 Å². The standard InChI is InChI=1S/C23H29ClO10/c1-10-14-16(33-21(28)23(5,29)11(2)24)15(31-12(3)25)13(20(27)30-6)8-7-9-22(4)18(34-22)17(14)32-19(10)26/h8,11,14-18,29H,1,7,9H2,2-6H3/b13-8+/t11-,14+,15-,16+,17-,18+,22+,23-/m0/s1. The first-order valence-corrected chi connectivity index (χ1v) is 11.3. The van der Waals surface area contributed by atoms with Crippen molar-refractivity contribution in [1.29, 1.82) is 0 Å². The number of halogens is 1. The van der Waals surface area contributed by atoms with Gasteiger partial charge in [-0.15, -0.1) is 11.6 Å². The fraction of sp³-hybridized carbons (Fsp3) is 0.652. The molecule has 0 bridgehead atoms. The molecule has 0 saturated carbocycles. The van der Waals surface area contributed by atoms with Crippen molar-refractivity contribution in [2.45, 2.75) is 81.5 Å². The van der Waals surface area contributed by atoms with Gasteiger partial charge in [0.2, 0.25) is 0 Å². The van der Waals surface area contributed by atoms with Gasteiger partial charge >= 0.3 is 23.9 Å². The highest BCUT2D eigenvalue weighted by Crippen LogP contribution is 2.50. The quantitative estimate of drug-likeness (QED) is 0.193. The summed E-state index contributed by atoms with van der Waals surface area (Å²) in [6.45, 7) is 9.30. The van der Waals surface area contributed by atoms with Gasteiger partial charge in [0.1, 0.15) is 12.2 Å². The number of allylic oxidation sites excluding steroid dienone is 1. The number of epoxide rings is 1. The van der Waals surface area contributed by atoms with Crippen molar-refractivity contribution >= 4 is 35.5 Å². The zero-order valence-corrected chi connectivity index (χ0v) is 20.4. The highest BCUT2D eigenvalue weighted by Gasteiger charge is 2.65. The number of esters is 4. The van der Waals surface area contributed by atoms with Crippen molar-refractivity contribution < 1.29 is 48.0 Å². The Kier molecular flexibility index (Phi) is 7.17. The van der Waals surface area contributed by atoms with Crippen LogP contribution in [0.5, 0.6) is 0 Å². The lowest BCUT2D eigenvalue weighted by atomic mass is 9.80. The fourth-order valence-corrected chi connectivity index (χ4v) is 4.37. The molecule has 2 aliphatic heterocycles. The van der Waals surface area contributed by atoms with Crippen LogP contribution in [-0.2, 0) is 42.9 Å². The van der Waals surface area contributed by atoms with E-state index < -0.39 is 70.8 Å². The van der Waals surface area contributed by atoms with Crippen LogP contribution in [-0.4, -0.2) is 77.1 Å². The van der Waals surface area contributed by atoms with Crippen molar-refractivity contribution in [2.75, 3.05) is 7.11 Å². The minimum Gasteiger partial charge on any atom is -0.466 e. The molecule has 34 heavy (non-hydrogen) atoms. The molecular weight excluding hydrogens is 472 g/mol. The van der Waals surface area contributed by atoms with E-state index in [0.717, 1.165) is 21.0 Å². The van der Waals surface area contributed by atoms with Crippen molar-refractivity contribution in [3.63, 3.8) is 0 Å². The molecule has 3 rings (SSSR count). The average Bonchev–Trinajstić information content (AvgIpc) is 3.34. The predicted molar refractivity (Wildman–Crippen MR) is 116 cm³/mol. The normalized spacial score (nSPS) is 36.9. The first-order valence-electron chi connectivity index (χ1n) is 10.8. The molecule has 0 aromatic carbocycles. The summed E-state index contributed by atoms with van der Waals surface area (Å²) in [5, 5.41) is 9.54. The number of aliphatic hydroxyl groups is 1. The molecule has 1 N–H and O–H groups in total. The van der Waals surface area contributed by atoms with Crippen LogP contribution in [0.1, 0.15) is 40.5 Å². The average molecular weight is 501 g/mol. The van der Waals surface area contributed by atoms with E-state index in [4.69, 9.17) is 35.3 Å². The maximum absolute atomic E-state index is 13.0. The molecule has 0 radical (unpaired) electrons. The van der Waals surface area contributed by atoms with E-state index in [0.29, 0.717) is 12.8 Å². The molecule has 11 heteroatoms. The van der Waals surface area contributed by atoms with Crippen LogP contribution in [0.15, 0.2) is 23.8 Å². The summed E-state index contributed by atoms with van der Waals surface area (Å²) in [5.41, 5.74) is -2.95. The summed E-state index contributed by atoms with van der Waals surface area (Å²) < 4.78 is 27.4. The summed E-state index contributed by atoms with van der Waals surface area (Å²) in [4.78, 5) is 50.3. The van der Waals surface area contributed by atoms with Crippen LogP contribution in [0.2, 0.25) is 0 Å². The molecule has 2 heterocycles. The van der Waals surface area contributed by atoms with E-state index in [9.17, 15) is 24.3 Å². The minimum absolute atomic E-state index is 0.0545. The van der Waals surface area contributed by atoms with Gasteiger partial charge in [-0.2, -0.15) is 0 Å². The van der Waals surface area contributed by atoms with Crippen LogP contribution in [0.25, 0.3) is 0 Å². The van der Waals surface area contributed by atoms with Crippen LogP contribution in [0.4, 0.5) is 0 Å². The number of hydrogen-bond acceptors (Lipinski definition) is 10. The summed E-state index contributed by atoms with van der Waals surface area (Å²) in [6.07, 6.45) is -2.12. The van der Waals surface area contributed by atoms with E-state index >= 15 is 0 Å². The van der Waals surface area contributed by atoms with Gasteiger partial charge in [0.05, 0.1) is 29.6 Å². The van der Waals surface area contributed by atoms with E-state index in [-0.39, 0.29) is 11.1 Å². The van der Waals surface area contributed by atoms with E-state index in [1.807, 2.05) is 6.92 Å². The lowest BCUT2D eigenvalue weighted by molar-refractivity contribution is -0.184. The molecule has 0 amide bonds.